The number of aliphatic imine (C=N–C) groups is 1. The van der Waals surface area contributed by atoms with Gasteiger partial charge in [0, 0.05) is 74.0 Å². The highest BCUT2D eigenvalue weighted by atomic mass is 16.5. The third kappa shape index (κ3) is 6.93. The van der Waals surface area contributed by atoms with Gasteiger partial charge in [0.05, 0.1) is 5.69 Å². The van der Waals surface area contributed by atoms with Crippen molar-refractivity contribution in [2.24, 2.45) is 10.9 Å². The minimum atomic E-state index is -0.227. The molecule has 6 rings (SSSR count). The molecule has 1 saturated carbocycles. The third-order valence-corrected chi connectivity index (χ3v) is 9.65. The van der Waals surface area contributed by atoms with Crippen LogP contribution in [-0.2, 0) is 11.2 Å². The van der Waals surface area contributed by atoms with E-state index in [4.69, 9.17) is 4.74 Å². The normalized spacial score (nSPS) is 25.5. The van der Waals surface area contributed by atoms with Crippen molar-refractivity contribution in [2.45, 2.75) is 77.3 Å². The average Bonchev–Trinajstić information content (AvgIpc) is 3.39. The lowest BCUT2D eigenvalue weighted by Gasteiger charge is -2.40. The van der Waals surface area contributed by atoms with Crippen molar-refractivity contribution >= 4 is 23.3 Å². The van der Waals surface area contributed by atoms with Gasteiger partial charge in [-0.25, -0.2) is 4.98 Å². The van der Waals surface area contributed by atoms with Crippen molar-refractivity contribution < 1.29 is 14.3 Å². The van der Waals surface area contributed by atoms with Crippen LogP contribution < -0.4 is 15.0 Å². The summed E-state index contributed by atoms with van der Waals surface area (Å²) in [6.45, 7) is 10.4. The monoisotopic (exact) mass is 586 g/mol. The first kappa shape index (κ1) is 29.8. The van der Waals surface area contributed by atoms with E-state index in [1.54, 1.807) is 0 Å². The second-order valence-corrected chi connectivity index (χ2v) is 12.7. The summed E-state index contributed by atoms with van der Waals surface area (Å²) in [5.41, 5.74) is 3.79. The molecule has 9 heteroatoms. The fraction of sp³-hybridized carbons (Fsp3) is 0.588. The number of piperidine rings is 1. The van der Waals surface area contributed by atoms with E-state index >= 15 is 0 Å². The Balaban J connectivity index is 1.19. The molecule has 1 aliphatic carbocycles. The Bertz CT molecular complexity index is 1310. The van der Waals surface area contributed by atoms with Crippen LogP contribution in [0.1, 0.15) is 73.4 Å². The molecule has 2 amide bonds. The first-order valence-corrected chi connectivity index (χ1v) is 16.3. The zero-order chi connectivity index (χ0) is 29.8. The molecule has 1 unspecified atom stereocenters. The van der Waals surface area contributed by atoms with Gasteiger partial charge in [0.15, 0.2) is 0 Å². The number of ether oxygens (including phenoxy) is 1. The molecule has 3 aliphatic heterocycles. The van der Waals surface area contributed by atoms with Crippen molar-refractivity contribution in [2.75, 3.05) is 50.8 Å². The number of carbonyl (C=O) groups is 2. The molecule has 1 aromatic carbocycles. The number of carbonyl (C=O) groups excluding carboxylic acids is 2. The number of pyridine rings is 1. The molecule has 1 atom stereocenters. The number of aryl methyl sites for hydroxylation is 1. The Morgan fingerprint density at radius 1 is 1.05 bits per heavy atom. The Morgan fingerprint density at radius 2 is 1.81 bits per heavy atom. The Labute approximate surface area is 255 Å². The van der Waals surface area contributed by atoms with Gasteiger partial charge in [0.2, 0.25) is 11.8 Å². The predicted molar refractivity (Wildman–Crippen MR) is 169 cm³/mol. The second-order valence-electron chi connectivity index (χ2n) is 12.7. The van der Waals surface area contributed by atoms with Crippen LogP contribution in [0.25, 0.3) is 0 Å². The van der Waals surface area contributed by atoms with Gasteiger partial charge < -0.3 is 19.9 Å². The van der Waals surface area contributed by atoms with E-state index in [0.29, 0.717) is 30.4 Å². The van der Waals surface area contributed by atoms with E-state index in [1.807, 2.05) is 43.5 Å². The first-order chi connectivity index (χ1) is 21.0. The van der Waals surface area contributed by atoms with Gasteiger partial charge in [-0.15, -0.1) is 0 Å². The number of likely N-dealkylation sites (tertiary alicyclic amines) is 1. The Kier molecular flexibility index (Phi) is 9.38. The highest BCUT2D eigenvalue weighted by Crippen LogP contribution is 2.39. The van der Waals surface area contributed by atoms with E-state index in [2.05, 4.69) is 36.9 Å². The zero-order valence-corrected chi connectivity index (χ0v) is 25.8. The average molecular weight is 587 g/mol. The molecule has 4 aliphatic rings. The summed E-state index contributed by atoms with van der Waals surface area (Å²) in [7, 11) is 0. The SMILES string of the molecule is Cc1ccc(C(=O)N=C2Cc3cnc(OCCN4CCCCC4)cc3N2C2CCC(C(=O)N3CCNCC3C)CC2)cc1. The summed E-state index contributed by atoms with van der Waals surface area (Å²) in [5.74, 6) is 1.50. The summed E-state index contributed by atoms with van der Waals surface area (Å²) < 4.78 is 6.15. The van der Waals surface area contributed by atoms with Gasteiger partial charge in [-0.2, -0.15) is 4.99 Å². The van der Waals surface area contributed by atoms with Crippen LogP contribution in [0.15, 0.2) is 41.5 Å². The van der Waals surface area contributed by atoms with Gasteiger partial charge in [-0.3, -0.25) is 14.5 Å². The van der Waals surface area contributed by atoms with Crippen LogP contribution in [-0.4, -0.2) is 90.4 Å². The largest absolute Gasteiger partial charge is 0.476 e. The molecule has 0 bridgehead atoms. The van der Waals surface area contributed by atoms with Crippen molar-refractivity contribution in [3.05, 3.63) is 53.2 Å². The van der Waals surface area contributed by atoms with Crippen molar-refractivity contribution in [1.82, 2.24) is 20.1 Å². The van der Waals surface area contributed by atoms with Gasteiger partial charge in [0.1, 0.15) is 12.4 Å². The number of rotatable bonds is 7. The summed E-state index contributed by atoms with van der Waals surface area (Å²) >= 11 is 0. The molecule has 1 aromatic heterocycles. The lowest BCUT2D eigenvalue weighted by molar-refractivity contribution is -0.139. The second kappa shape index (κ2) is 13.6. The van der Waals surface area contributed by atoms with Crippen LogP contribution in [0.4, 0.5) is 5.69 Å². The fourth-order valence-electron chi connectivity index (χ4n) is 7.11. The van der Waals surface area contributed by atoms with Crippen molar-refractivity contribution in [1.29, 1.82) is 0 Å². The predicted octanol–water partition coefficient (Wildman–Crippen LogP) is 4.24. The first-order valence-electron chi connectivity index (χ1n) is 16.3. The number of aromatic nitrogens is 1. The molecule has 3 fully saturated rings. The topological polar surface area (TPSA) is 90.4 Å². The molecule has 43 heavy (non-hydrogen) atoms. The van der Waals surface area contributed by atoms with Crippen molar-refractivity contribution in [3.8, 4) is 5.88 Å². The van der Waals surface area contributed by atoms with E-state index < -0.39 is 0 Å². The van der Waals surface area contributed by atoms with Crippen LogP contribution in [0.3, 0.4) is 0 Å². The highest BCUT2D eigenvalue weighted by molar-refractivity contribution is 6.12. The Morgan fingerprint density at radius 3 is 2.56 bits per heavy atom. The molecule has 0 spiro atoms. The van der Waals surface area contributed by atoms with Crippen LogP contribution in [0.2, 0.25) is 0 Å². The van der Waals surface area contributed by atoms with E-state index in [-0.39, 0.29) is 23.9 Å². The van der Waals surface area contributed by atoms with Gasteiger partial charge >= 0.3 is 0 Å². The van der Waals surface area contributed by atoms with Crippen molar-refractivity contribution in [3.63, 3.8) is 0 Å². The number of fused-ring (bicyclic) bond motifs is 1. The molecular weight excluding hydrogens is 540 g/mol. The molecule has 2 aromatic rings. The number of piperazine rings is 1. The van der Waals surface area contributed by atoms with Crippen LogP contribution >= 0.6 is 0 Å². The smallest absolute Gasteiger partial charge is 0.278 e. The number of amides is 2. The molecule has 9 nitrogen and oxygen atoms in total. The third-order valence-electron chi connectivity index (χ3n) is 9.65. The van der Waals surface area contributed by atoms with E-state index in [0.717, 1.165) is 87.6 Å². The summed E-state index contributed by atoms with van der Waals surface area (Å²) in [5, 5.41) is 3.39. The number of hydrogen-bond acceptors (Lipinski definition) is 6. The molecule has 2 saturated heterocycles. The van der Waals surface area contributed by atoms with E-state index in [1.165, 1.54) is 19.3 Å². The maximum Gasteiger partial charge on any atom is 0.278 e. The fourth-order valence-corrected chi connectivity index (χ4v) is 7.11. The van der Waals surface area contributed by atoms with Gasteiger partial charge in [-0.1, -0.05) is 24.1 Å². The molecular formula is C34H46N6O3. The van der Waals surface area contributed by atoms with Gasteiger partial charge in [-0.05, 0) is 77.6 Å². The van der Waals surface area contributed by atoms with Gasteiger partial charge in [0.25, 0.3) is 5.91 Å². The quantitative estimate of drug-likeness (QED) is 0.519. The standard InChI is InChI=1S/C34H46N6O3/c1-24-6-8-26(9-7-24)33(41)37-31-20-28-23-36-32(43-19-18-38-15-4-3-5-16-38)21-30(28)40(31)29-12-10-27(11-13-29)34(42)39-17-14-35-22-25(39)2/h6-9,21,23,25,27,29,35H,3-5,10-20,22H2,1-2H3. The minimum Gasteiger partial charge on any atom is -0.476 e. The Hall–Kier alpha value is -3.30. The summed E-state index contributed by atoms with van der Waals surface area (Å²) in [6, 6.07) is 10.0. The minimum absolute atomic E-state index is 0.0552. The van der Waals surface area contributed by atoms with Crippen LogP contribution in [0, 0.1) is 12.8 Å². The number of nitrogens with zero attached hydrogens (tertiary/aromatic N) is 5. The highest BCUT2D eigenvalue weighted by Gasteiger charge is 2.38. The number of anilines is 1. The molecule has 0 radical (unpaired) electrons. The lowest BCUT2D eigenvalue weighted by atomic mass is 9.84. The van der Waals surface area contributed by atoms with Crippen LogP contribution in [0.5, 0.6) is 5.88 Å². The number of benzene rings is 1. The number of nitrogens with one attached hydrogen (secondary N) is 1. The summed E-state index contributed by atoms with van der Waals surface area (Å²) in [4.78, 5) is 42.8. The molecule has 230 valence electrons. The summed E-state index contributed by atoms with van der Waals surface area (Å²) in [6.07, 6.45) is 9.73. The maximum atomic E-state index is 13.4. The maximum absolute atomic E-state index is 13.4. The lowest BCUT2D eigenvalue weighted by Crippen LogP contribution is -2.54. The number of hydrogen-bond donors (Lipinski definition) is 1. The van der Waals surface area contributed by atoms with E-state index in [9.17, 15) is 9.59 Å². The number of amidine groups is 1. The molecule has 4 heterocycles. The zero-order valence-electron chi connectivity index (χ0n) is 25.8. The molecule has 1 N–H and O–H groups in total.